The molecule has 7 nitrogen and oxygen atoms in total. The van der Waals surface area contributed by atoms with E-state index in [2.05, 4.69) is 25.6 Å². The molecule has 0 aliphatic rings. The smallest absolute Gasteiger partial charge is 0.255 e. The number of thiazole rings is 1. The Kier molecular flexibility index (Phi) is 6.09. The van der Waals surface area contributed by atoms with Gasteiger partial charge in [0.1, 0.15) is 5.01 Å². The van der Waals surface area contributed by atoms with E-state index in [9.17, 15) is 9.59 Å². The quantitative estimate of drug-likeness (QED) is 0.481. The first-order valence-electron chi connectivity index (χ1n) is 9.56. The minimum atomic E-state index is -0.298. The Balaban J connectivity index is 1.47. The molecule has 1 aromatic carbocycles. The van der Waals surface area contributed by atoms with Gasteiger partial charge in [-0.25, -0.2) is 4.98 Å². The molecule has 0 aliphatic carbocycles. The normalized spacial score (nSPS) is 10.5. The molecule has 4 rings (SSSR count). The SMILES string of the molecule is Cc1cccc(C(=O)NCc2nc(-c3ccncc3)cs2)c1NC(=O)c1ccncc1. The molecule has 3 aromatic heterocycles. The number of amides is 2. The number of carbonyl (C=O) groups excluding carboxylic acids is 2. The van der Waals surface area contributed by atoms with Crippen molar-refractivity contribution in [2.75, 3.05) is 5.32 Å². The Hall–Kier alpha value is -3.91. The Labute approximate surface area is 183 Å². The topological polar surface area (TPSA) is 96.9 Å². The molecule has 0 unspecified atom stereocenters. The molecule has 0 saturated heterocycles. The van der Waals surface area contributed by atoms with Gasteiger partial charge in [0.15, 0.2) is 0 Å². The van der Waals surface area contributed by atoms with Crippen molar-refractivity contribution < 1.29 is 9.59 Å². The number of hydrogen-bond acceptors (Lipinski definition) is 6. The molecule has 0 bridgehead atoms. The van der Waals surface area contributed by atoms with E-state index in [0.29, 0.717) is 23.4 Å². The van der Waals surface area contributed by atoms with E-state index in [0.717, 1.165) is 21.8 Å². The van der Waals surface area contributed by atoms with Gasteiger partial charge in [-0.15, -0.1) is 11.3 Å². The zero-order valence-electron chi connectivity index (χ0n) is 16.7. The first-order valence-corrected chi connectivity index (χ1v) is 10.4. The van der Waals surface area contributed by atoms with Crippen LogP contribution in [0.15, 0.2) is 72.6 Å². The van der Waals surface area contributed by atoms with Gasteiger partial charge in [-0.2, -0.15) is 0 Å². The number of nitrogens with one attached hydrogen (secondary N) is 2. The van der Waals surface area contributed by atoms with Crippen molar-refractivity contribution in [2.45, 2.75) is 13.5 Å². The third-order valence-electron chi connectivity index (χ3n) is 4.63. The fraction of sp³-hybridized carbons (Fsp3) is 0.0870. The van der Waals surface area contributed by atoms with E-state index in [-0.39, 0.29) is 11.8 Å². The molecule has 31 heavy (non-hydrogen) atoms. The third-order valence-corrected chi connectivity index (χ3v) is 5.48. The van der Waals surface area contributed by atoms with Crippen LogP contribution in [0.5, 0.6) is 0 Å². The van der Waals surface area contributed by atoms with E-state index in [1.165, 1.54) is 11.3 Å². The van der Waals surface area contributed by atoms with Crippen LogP contribution >= 0.6 is 11.3 Å². The summed E-state index contributed by atoms with van der Waals surface area (Å²) in [6.07, 6.45) is 6.54. The number of carbonyl (C=O) groups is 2. The molecule has 0 spiro atoms. The lowest BCUT2D eigenvalue weighted by Crippen LogP contribution is -2.25. The zero-order valence-corrected chi connectivity index (χ0v) is 17.5. The van der Waals surface area contributed by atoms with Crippen LogP contribution in [0.3, 0.4) is 0 Å². The fourth-order valence-corrected chi connectivity index (χ4v) is 3.75. The predicted octanol–water partition coefficient (Wildman–Crippen LogP) is 4.09. The maximum atomic E-state index is 12.9. The van der Waals surface area contributed by atoms with Gasteiger partial charge < -0.3 is 10.6 Å². The summed E-state index contributed by atoms with van der Waals surface area (Å²) in [4.78, 5) is 38.0. The van der Waals surface area contributed by atoms with Crippen molar-refractivity contribution in [3.63, 3.8) is 0 Å². The molecule has 0 aliphatic heterocycles. The first-order chi connectivity index (χ1) is 15.1. The number of aryl methyl sites for hydroxylation is 1. The van der Waals surface area contributed by atoms with Gasteiger partial charge in [0.05, 0.1) is 23.5 Å². The Morgan fingerprint density at radius 3 is 2.39 bits per heavy atom. The number of pyridine rings is 2. The van der Waals surface area contributed by atoms with Gasteiger partial charge in [0.2, 0.25) is 0 Å². The Morgan fingerprint density at radius 1 is 0.935 bits per heavy atom. The molecular weight excluding hydrogens is 410 g/mol. The average Bonchev–Trinajstić information content (AvgIpc) is 3.29. The zero-order chi connectivity index (χ0) is 21.6. The number of nitrogens with zero attached hydrogens (tertiary/aromatic N) is 3. The third kappa shape index (κ3) is 4.81. The number of anilines is 1. The molecule has 0 radical (unpaired) electrons. The average molecular weight is 430 g/mol. The van der Waals surface area contributed by atoms with Crippen LogP contribution in [-0.4, -0.2) is 26.8 Å². The minimum Gasteiger partial charge on any atom is -0.345 e. The number of aromatic nitrogens is 3. The Morgan fingerprint density at radius 2 is 1.65 bits per heavy atom. The van der Waals surface area contributed by atoms with Gasteiger partial charge in [-0.3, -0.25) is 19.6 Å². The van der Waals surface area contributed by atoms with Crippen LogP contribution in [0.1, 0.15) is 31.3 Å². The summed E-state index contributed by atoms with van der Waals surface area (Å²) in [5.74, 6) is -0.581. The van der Waals surface area contributed by atoms with E-state index in [1.807, 2.05) is 30.5 Å². The van der Waals surface area contributed by atoms with E-state index >= 15 is 0 Å². The van der Waals surface area contributed by atoms with Crippen molar-refractivity contribution in [2.24, 2.45) is 0 Å². The van der Waals surface area contributed by atoms with E-state index < -0.39 is 0 Å². The molecule has 8 heteroatoms. The van der Waals surface area contributed by atoms with Crippen LogP contribution in [-0.2, 0) is 6.54 Å². The molecule has 2 amide bonds. The van der Waals surface area contributed by atoms with Crippen molar-refractivity contribution >= 4 is 28.8 Å². The Bertz CT molecular complexity index is 1210. The number of rotatable bonds is 6. The molecule has 0 saturated carbocycles. The highest BCUT2D eigenvalue weighted by atomic mass is 32.1. The molecule has 154 valence electrons. The second-order valence-corrected chi connectivity index (χ2v) is 7.68. The summed E-state index contributed by atoms with van der Waals surface area (Å²) < 4.78 is 0. The van der Waals surface area contributed by atoms with Gasteiger partial charge >= 0.3 is 0 Å². The lowest BCUT2D eigenvalue weighted by atomic mass is 10.1. The molecule has 0 fully saturated rings. The summed E-state index contributed by atoms with van der Waals surface area (Å²) in [7, 11) is 0. The summed E-state index contributed by atoms with van der Waals surface area (Å²) in [6, 6.07) is 12.4. The van der Waals surface area contributed by atoms with Gasteiger partial charge in [0, 0.05) is 41.3 Å². The highest BCUT2D eigenvalue weighted by molar-refractivity contribution is 7.09. The summed E-state index contributed by atoms with van der Waals surface area (Å²) in [6.45, 7) is 2.14. The monoisotopic (exact) mass is 429 g/mol. The summed E-state index contributed by atoms with van der Waals surface area (Å²) >= 11 is 1.47. The highest BCUT2D eigenvalue weighted by Gasteiger charge is 2.17. The summed E-state index contributed by atoms with van der Waals surface area (Å²) in [5, 5.41) is 8.48. The van der Waals surface area contributed by atoms with Gasteiger partial charge in [-0.1, -0.05) is 12.1 Å². The maximum Gasteiger partial charge on any atom is 0.255 e. The second-order valence-electron chi connectivity index (χ2n) is 6.73. The molecule has 0 atom stereocenters. The predicted molar refractivity (Wildman–Crippen MR) is 120 cm³/mol. The highest BCUT2D eigenvalue weighted by Crippen LogP contribution is 2.23. The van der Waals surface area contributed by atoms with Crippen molar-refractivity contribution in [3.05, 3.63) is 94.3 Å². The fourth-order valence-electron chi connectivity index (χ4n) is 3.01. The number of benzene rings is 1. The summed E-state index contributed by atoms with van der Waals surface area (Å²) in [5.41, 5.74) is 3.97. The van der Waals surface area contributed by atoms with Crippen LogP contribution < -0.4 is 10.6 Å². The number of hydrogen-bond donors (Lipinski definition) is 2. The lowest BCUT2D eigenvalue weighted by molar-refractivity contribution is 0.0951. The lowest BCUT2D eigenvalue weighted by Gasteiger charge is -2.14. The van der Waals surface area contributed by atoms with Gasteiger partial charge in [0.25, 0.3) is 11.8 Å². The van der Waals surface area contributed by atoms with Crippen LogP contribution in [0.2, 0.25) is 0 Å². The molecule has 4 aromatic rings. The van der Waals surface area contributed by atoms with E-state index in [4.69, 9.17) is 0 Å². The largest absolute Gasteiger partial charge is 0.345 e. The number of para-hydroxylation sites is 1. The van der Waals surface area contributed by atoms with Crippen molar-refractivity contribution in [1.82, 2.24) is 20.3 Å². The van der Waals surface area contributed by atoms with Crippen LogP contribution in [0.25, 0.3) is 11.3 Å². The molecule has 3 heterocycles. The molecular formula is C23H19N5O2S. The van der Waals surface area contributed by atoms with Crippen LogP contribution in [0, 0.1) is 6.92 Å². The second kappa shape index (κ2) is 9.27. The van der Waals surface area contributed by atoms with Crippen LogP contribution in [0.4, 0.5) is 5.69 Å². The molecule has 2 N–H and O–H groups in total. The van der Waals surface area contributed by atoms with E-state index in [1.54, 1.807) is 49.1 Å². The van der Waals surface area contributed by atoms with Crippen molar-refractivity contribution in [3.8, 4) is 11.3 Å². The minimum absolute atomic E-state index is 0.283. The van der Waals surface area contributed by atoms with Crippen molar-refractivity contribution in [1.29, 1.82) is 0 Å². The first kappa shape index (κ1) is 20.4. The van der Waals surface area contributed by atoms with Gasteiger partial charge in [-0.05, 0) is 42.8 Å². The standard InChI is InChI=1S/C23H19N5O2S/c1-15-3-2-4-18(21(15)28-22(29)17-7-11-25-12-8-17)23(30)26-13-20-27-19(14-31-20)16-5-9-24-10-6-16/h2-12,14H,13H2,1H3,(H,26,30)(H,28,29). The maximum absolute atomic E-state index is 12.9.